The van der Waals surface area contributed by atoms with E-state index in [1.807, 2.05) is 90.0 Å². The average Bonchev–Trinajstić information content (AvgIpc) is 3.36. The number of aromatic hydroxyl groups is 1. The van der Waals surface area contributed by atoms with Crippen LogP contribution in [-0.2, 0) is 0 Å². The molecule has 4 aromatic carbocycles. The molecule has 0 saturated heterocycles. The molecule has 74 heavy (non-hydrogen) atoms. The second-order valence-corrected chi connectivity index (χ2v) is 19.7. The van der Waals surface area contributed by atoms with Crippen molar-refractivity contribution in [1.29, 1.82) is 0 Å². The number of fused-ring (bicyclic) bond motifs is 4. The van der Waals surface area contributed by atoms with Gasteiger partial charge >= 0.3 is 22.5 Å². The molecule has 0 fully saturated rings. The fourth-order valence-electron chi connectivity index (χ4n) is 9.25. The molecule has 11 heteroatoms. The molecule has 0 aliphatic heterocycles. The molecule has 0 saturated carbocycles. The van der Waals surface area contributed by atoms with Crippen LogP contribution in [0.5, 0.6) is 5.75 Å². The molecule has 0 radical (unpaired) electrons. The van der Waals surface area contributed by atoms with E-state index < -0.39 is 5.63 Å². The fraction of sp³-hybridized carbons (Fsp3) is 0.429. The predicted molar refractivity (Wildman–Crippen MR) is 306 cm³/mol. The topological polar surface area (TPSA) is 182 Å². The monoisotopic (exact) mass is 1010 g/mol. The van der Waals surface area contributed by atoms with Gasteiger partial charge in [0.25, 0.3) is 0 Å². The zero-order valence-corrected chi connectivity index (χ0v) is 49.0. The summed E-state index contributed by atoms with van der Waals surface area (Å²) in [6.45, 7) is 49.7. The van der Waals surface area contributed by atoms with Crippen molar-refractivity contribution in [2.24, 2.45) is 0 Å². The fourth-order valence-corrected chi connectivity index (χ4v) is 9.25. The maximum Gasteiger partial charge on any atom is 0.342 e. The minimum atomic E-state index is -0.472. The molecule has 0 aliphatic carbocycles. The molecule has 0 bridgehead atoms. The highest BCUT2D eigenvalue weighted by Crippen LogP contribution is 2.36. The van der Waals surface area contributed by atoms with Gasteiger partial charge in [-0.1, -0.05) is 0 Å². The first kappa shape index (κ1) is 61.7. The zero-order chi connectivity index (χ0) is 57.0. The van der Waals surface area contributed by atoms with Crippen molar-refractivity contribution in [2.45, 2.75) is 173 Å². The lowest BCUT2D eigenvalue weighted by atomic mass is 9.92. The van der Waals surface area contributed by atoms with Gasteiger partial charge in [-0.2, -0.15) is 0 Å². The number of aliphatic hydroxyl groups excluding tert-OH is 2. The van der Waals surface area contributed by atoms with E-state index in [0.29, 0.717) is 27.7 Å². The third-order valence-corrected chi connectivity index (χ3v) is 15.9. The van der Waals surface area contributed by atoms with Crippen molar-refractivity contribution in [3.8, 4) is 5.75 Å². The second-order valence-electron chi connectivity index (χ2n) is 19.7. The number of hydrogen-bond acceptors (Lipinski definition) is 11. The van der Waals surface area contributed by atoms with Gasteiger partial charge in [-0.25, -0.2) is 19.2 Å². The van der Waals surface area contributed by atoms with Crippen LogP contribution in [0.4, 0.5) is 0 Å². The Hall–Kier alpha value is -6.56. The standard InChI is InChI=1S/3C15H18O2.C14H16O3.2C2H6O/c3*1-7-8(2)11(5)14-13(9(7)3)10(4)12(6)15(16)17-14;1-6-7(2)9(4)13-11(8(6)3)12(15)10(5)14(16)17-13;2*1-2-3/h3*1-6H3;15H,1-5H3;2*3H,2H2,1H3. The minimum Gasteiger partial charge on any atom is -0.507 e. The summed E-state index contributed by atoms with van der Waals surface area (Å²) in [7, 11) is 0. The highest BCUT2D eigenvalue weighted by molar-refractivity contribution is 5.93. The summed E-state index contributed by atoms with van der Waals surface area (Å²) in [4.78, 5) is 46.8. The minimum absolute atomic E-state index is 0.0416. The Bertz CT molecular complexity index is 3230. The molecule has 8 aromatic rings. The summed E-state index contributed by atoms with van der Waals surface area (Å²) < 4.78 is 21.7. The molecule has 4 heterocycles. The van der Waals surface area contributed by atoms with Crippen molar-refractivity contribution < 1.29 is 33.0 Å². The largest absolute Gasteiger partial charge is 0.507 e. The molecule has 0 atom stereocenters. The van der Waals surface area contributed by atoms with Crippen molar-refractivity contribution in [3.05, 3.63) is 170 Å². The van der Waals surface area contributed by atoms with Crippen molar-refractivity contribution in [2.75, 3.05) is 13.2 Å². The Labute approximate surface area is 436 Å². The molecule has 0 unspecified atom stereocenters. The van der Waals surface area contributed by atoms with Gasteiger partial charge in [-0.05, 0) is 279 Å². The number of aliphatic hydroxyl groups is 2. The van der Waals surface area contributed by atoms with Crippen LogP contribution in [0.15, 0.2) is 36.8 Å². The number of benzene rings is 4. The molecule has 0 aliphatic rings. The Morgan fingerprint density at radius 1 is 0.243 bits per heavy atom. The van der Waals surface area contributed by atoms with E-state index in [-0.39, 0.29) is 41.4 Å². The first-order valence-corrected chi connectivity index (χ1v) is 25.2. The van der Waals surface area contributed by atoms with Crippen LogP contribution in [0.25, 0.3) is 43.9 Å². The van der Waals surface area contributed by atoms with Gasteiger partial charge in [0, 0.05) is 46.1 Å². The van der Waals surface area contributed by atoms with E-state index in [1.165, 1.54) is 50.1 Å². The highest BCUT2D eigenvalue weighted by atomic mass is 16.4. The molecule has 0 amide bonds. The first-order valence-electron chi connectivity index (χ1n) is 25.2. The number of rotatable bonds is 0. The summed E-state index contributed by atoms with van der Waals surface area (Å²) in [5.41, 5.74) is 25.6. The summed E-state index contributed by atoms with van der Waals surface area (Å²) >= 11 is 0. The van der Waals surface area contributed by atoms with Crippen LogP contribution in [0.2, 0.25) is 0 Å². The molecule has 11 nitrogen and oxygen atoms in total. The van der Waals surface area contributed by atoms with Gasteiger partial charge in [0.2, 0.25) is 0 Å². The number of hydrogen-bond donors (Lipinski definition) is 3. The Kier molecular flexibility index (Phi) is 20.6. The van der Waals surface area contributed by atoms with Crippen LogP contribution in [0, 0.1) is 159 Å². The highest BCUT2D eigenvalue weighted by Gasteiger charge is 2.20. The predicted octanol–water partition coefficient (Wildman–Crippen LogP) is 14.0. The van der Waals surface area contributed by atoms with Gasteiger partial charge in [0.1, 0.15) is 28.1 Å². The Morgan fingerprint density at radius 3 is 0.608 bits per heavy atom. The summed E-state index contributed by atoms with van der Waals surface area (Å²) in [6.07, 6.45) is 0. The maximum absolute atomic E-state index is 11.7. The van der Waals surface area contributed by atoms with Gasteiger partial charge in [-0.3, -0.25) is 0 Å². The summed E-state index contributed by atoms with van der Waals surface area (Å²) in [6, 6.07) is 0. The van der Waals surface area contributed by atoms with Crippen LogP contribution in [0.3, 0.4) is 0 Å². The van der Waals surface area contributed by atoms with Gasteiger partial charge < -0.3 is 33.0 Å². The van der Waals surface area contributed by atoms with Gasteiger partial charge in [0.05, 0.1) is 10.9 Å². The van der Waals surface area contributed by atoms with Gasteiger partial charge in [-0.15, -0.1) is 0 Å². The molecule has 400 valence electrons. The van der Waals surface area contributed by atoms with Crippen LogP contribution in [0.1, 0.15) is 142 Å². The van der Waals surface area contributed by atoms with Crippen molar-refractivity contribution >= 4 is 43.9 Å². The van der Waals surface area contributed by atoms with Crippen LogP contribution in [-0.4, -0.2) is 28.5 Å². The van der Waals surface area contributed by atoms with E-state index in [9.17, 15) is 24.3 Å². The Balaban J connectivity index is 0.000000251. The molecule has 3 N–H and O–H groups in total. The summed E-state index contributed by atoms with van der Waals surface area (Å²) in [5.74, 6) is 0.0416. The van der Waals surface area contributed by atoms with E-state index in [2.05, 4.69) is 62.3 Å². The first-order chi connectivity index (χ1) is 34.3. The third kappa shape index (κ3) is 11.5. The Morgan fingerprint density at radius 2 is 0.392 bits per heavy atom. The molecule has 8 rings (SSSR count). The molecular formula is C63H82O11. The lowest BCUT2D eigenvalue weighted by molar-refractivity contribution is 0.318. The van der Waals surface area contributed by atoms with E-state index >= 15 is 0 Å². The third-order valence-electron chi connectivity index (χ3n) is 15.9. The lowest BCUT2D eigenvalue weighted by Crippen LogP contribution is -2.08. The lowest BCUT2D eigenvalue weighted by Gasteiger charge is -2.15. The van der Waals surface area contributed by atoms with E-state index in [1.54, 1.807) is 20.8 Å². The second kappa shape index (κ2) is 24.6. The molecular weight excluding hydrogens is 933 g/mol. The maximum atomic E-state index is 11.7. The molecule has 0 spiro atoms. The van der Waals surface area contributed by atoms with Crippen LogP contribution >= 0.6 is 0 Å². The van der Waals surface area contributed by atoms with Crippen LogP contribution < -0.4 is 22.5 Å². The van der Waals surface area contributed by atoms with Crippen molar-refractivity contribution in [3.63, 3.8) is 0 Å². The quantitative estimate of drug-likeness (QED) is 0.123. The van der Waals surface area contributed by atoms with Crippen molar-refractivity contribution in [1.82, 2.24) is 0 Å². The number of aryl methyl sites for hydroxylation is 11. The smallest absolute Gasteiger partial charge is 0.342 e. The van der Waals surface area contributed by atoms with E-state index in [0.717, 1.165) is 88.5 Å². The zero-order valence-electron chi connectivity index (χ0n) is 49.0. The SMILES string of the molecule is CCO.CCO.Cc1c(C)c(C)c2c(C)c(C)c(=O)oc2c1C.Cc1c(C)c(C)c2c(C)c(C)c(=O)oc2c1C.Cc1c(C)c(C)c2c(C)c(C)c(=O)oc2c1C.Cc1c(C)c(C)c2c(O)c(C)c(=O)oc2c1C. The summed E-state index contributed by atoms with van der Waals surface area (Å²) in [5, 5.41) is 29.2. The normalized spacial score (nSPS) is 10.7. The van der Waals surface area contributed by atoms with E-state index in [4.69, 9.17) is 27.9 Å². The van der Waals surface area contributed by atoms with Gasteiger partial charge in [0.15, 0.2) is 0 Å². The molecule has 4 aromatic heterocycles. The average molecular weight is 1020 g/mol.